The number of hydrogen-bond donors (Lipinski definition) is 6. The highest BCUT2D eigenvalue weighted by Crippen LogP contribution is 2.54. The van der Waals surface area contributed by atoms with Crippen LogP contribution in [0.2, 0.25) is 0 Å². The lowest BCUT2D eigenvalue weighted by Gasteiger charge is -2.34. The molecule has 1 aliphatic carbocycles. The molecule has 0 fully saturated rings. The maximum atomic E-state index is 10.8. The molecule has 0 bridgehead atoms. The Morgan fingerprint density at radius 1 is 0.444 bits per heavy atom. The van der Waals surface area contributed by atoms with Gasteiger partial charge >= 0.3 is 0 Å². The Bertz CT molecular complexity index is 1060. The van der Waals surface area contributed by atoms with Crippen LogP contribution in [-0.2, 0) is 0 Å². The van der Waals surface area contributed by atoms with E-state index >= 15 is 0 Å². The van der Waals surface area contributed by atoms with E-state index in [1.165, 1.54) is 24.3 Å². The van der Waals surface area contributed by atoms with E-state index in [0.717, 1.165) is 0 Å². The first-order valence-electron chi connectivity index (χ1n) is 12.2. The van der Waals surface area contributed by atoms with Gasteiger partial charge in [-0.2, -0.15) is 0 Å². The minimum atomic E-state index is -0.460. The standard InChI is InChI=1S/C28H38N2O6/c1-13(2)29(14(3)4)17-9-19(31)23(20(32)10-17)25-27(35)26(28(25)36)24-21(33)11-18(12-22(24)34)30(15(5)6)16(7)8/h9-16,31-36H,1-8H3. The number of aliphatic hydroxyl groups excluding tert-OH is 2. The third-order valence-electron chi connectivity index (χ3n) is 6.43. The van der Waals surface area contributed by atoms with Crippen LogP contribution in [0.25, 0.3) is 11.1 Å². The number of aliphatic hydroxyl groups is 2. The quantitative estimate of drug-likeness (QED) is 0.261. The predicted octanol–water partition coefficient (Wildman–Crippen LogP) is 6.01. The third-order valence-corrected chi connectivity index (χ3v) is 6.43. The van der Waals surface area contributed by atoms with Crippen molar-refractivity contribution in [3.63, 3.8) is 0 Å². The predicted molar refractivity (Wildman–Crippen MR) is 144 cm³/mol. The molecule has 0 atom stereocenters. The van der Waals surface area contributed by atoms with Crippen molar-refractivity contribution >= 4 is 22.5 Å². The number of phenolic OH excluding ortho intramolecular Hbond substituents is 4. The highest BCUT2D eigenvalue weighted by Gasteiger charge is 2.38. The summed E-state index contributed by atoms with van der Waals surface area (Å²) in [6, 6.07) is 6.27. The molecule has 0 heterocycles. The highest BCUT2D eigenvalue weighted by atomic mass is 16.3. The van der Waals surface area contributed by atoms with Crippen LogP contribution in [0.4, 0.5) is 11.4 Å². The maximum Gasteiger partial charge on any atom is 0.139 e. The van der Waals surface area contributed by atoms with Gasteiger partial charge in [0.15, 0.2) is 0 Å². The average molecular weight is 499 g/mol. The molecule has 0 radical (unpaired) electrons. The first-order valence-corrected chi connectivity index (χ1v) is 12.2. The molecule has 0 spiro atoms. The fourth-order valence-electron chi connectivity index (χ4n) is 5.28. The van der Waals surface area contributed by atoms with Crippen LogP contribution in [0.3, 0.4) is 0 Å². The van der Waals surface area contributed by atoms with Crippen molar-refractivity contribution in [2.45, 2.75) is 79.6 Å². The van der Waals surface area contributed by atoms with E-state index in [1.54, 1.807) is 0 Å². The Kier molecular flexibility index (Phi) is 7.30. The van der Waals surface area contributed by atoms with Crippen molar-refractivity contribution in [2.75, 3.05) is 9.80 Å². The second-order valence-electron chi connectivity index (χ2n) is 10.4. The molecule has 0 unspecified atom stereocenters. The smallest absolute Gasteiger partial charge is 0.139 e. The average Bonchev–Trinajstić information content (AvgIpc) is 2.72. The molecule has 8 nitrogen and oxygen atoms in total. The molecule has 0 saturated heterocycles. The molecule has 6 N–H and O–H groups in total. The van der Waals surface area contributed by atoms with Crippen LogP contribution in [0.1, 0.15) is 66.5 Å². The normalized spacial score (nSPS) is 13.9. The minimum absolute atomic E-state index is 0.0992. The van der Waals surface area contributed by atoms with Crippen molar-refractivity contribution in [2.24, 2.45) is 0 Å². The van der Waals surface area contributed by atoms with Gasteiger partial charge < -0.3 is 40.4 Å². The van der Waals surface area contributed by atoms with E-state index in [-0.39, 0.29) is 69.4 Å². The number of rotatable bonds is 8. The molecule has 3 rings (SSSR count). The number of hydrogen-bond acceptors (Lipinski definition) is 8. The van der Waals surface area contributed by atoms with Crippen molar-refractivity contribution in [3.05, 3.63) is 46.9 Å². The lowest BCUT2D eigenvalue weighted by atomic mass is 9.83. The van der Waals surface area contributed by atoms with Crippen molar-refractivity contribution < 1.29 is 30.6 Å². The molecule has 0 amide bonds. The number of aromatic hydroxyl groups is 4. The van der Waals surface area contributed by atoms with Crippen molar-refractivity contribution in [1.82, 2.24) is 0 Å². The molecule has 0 saturated carbocycles. The van der Waals surface area contributed by atoms with E-state index in [4.69, 9.17) is 0 Å². The van der Waals surface area contributed by atoms with E-state index in [1.807, 2.05) is 65.2 Å². The first-order chi connectivity index (χ1) is 16.7. The summed E-state index contributed by atoms with van der Waals surface area (Å²) in [5.74, 6) is -2.21. The SMILES string of the molecule is CC(C)N(c1cc(O)c(C2=C(O)C(c3c(O)cc(N(C(C)C)C(C)C)cc3O)=C2O)c(O)c1)C(C)C. The van der Waals surface area contributed by atoms with Gasteiger partial charge in [0.2, 0.25) is 0 Å². The molecule has 0 aliphatic heterocycles. The lowest BCUT2D eigenvalue weighted by molar-refractivity contribution is 0.381. The summed E-state index contributed by atoms with van der Waals surface area (Å²) in [5, 5.41) is 64.7. The van der Waals surface area contributed by atoms with E-state index in [2.05, 4.69) is 0 Å². The zero-order valence-electron chi connectivity index (χ0n) is 22.2. The van der Waals surface area contributed by atoms with Gasteiger partial charge in [-0.3, -0.25) is 0 Å². The molecule has 36 heavy (non-hydrogen) atoms. The van der Waals surface area contributed by atoms with Crippen LogP contribution < -0.4 is 9.80 Å². The summed E-state index contributed by atoms with van der Waals surface area (Å²) in [4.78, 5) is 4.02. The van der Waals surface area contributed by atoms with Crippen molar-refractivity contribution in [1.29, 1.82) is 0 Å². The van der Waals surface area contributed by atoms with Crippen LogP contribution >= 0.6 is 0 Å². The summed E-state index contributed by atoms with van der Waals surface area (Å²) in [7, 11) is 0. The number of benzene rings is 2. The summed E-state index contributed by atoms with van der Waals surface area (Å²) >= 11 is 0. The fraction of sp³-hybridized carbons (Fsp3) is 0.429. The van der Waals surface area contributed by atoms with Crippen LogP contribution in [-0.4, -0.2) is 54.8 Å². The molecule has 196 valence electrons. The van der Waals surface area contributed by atoms with E-state index < -0.39 is 11.5 Å². The second-order valence-corrected chi connectivity index (χ2v) is 10.4. The molecular weight excluding hydrogens is 460 g/mol. The minimum Gasteiger partial charge on any atom is -0.507 e. The van der Waals surface area contributed by atoms with Crippen LogP contribution in [0.5, 0.6) is 23.0 Å². The molecular formula is C28H38N2O6. The van der Waals surface area contributed by atoms with Gasteiger partial charge in [0.1, 0.15) is 34.5 Å². The number of phenols is 4. The highest BCUT2D eigenvalue weighted by molar-refractivity contribution is 6.10. The van der Waals surface area contributed by atoms with Crippen LogP contribution in [0.15, 0.2) is 35.8 Å². The second kappa shape index (κ2) is 9.76. The zero-order chi connectivity index (χ0) is 27.2. The first kappa shape index (κ1) is 26.9. The zero-order valence-corrected chi connectivity index (χ0v) is 22.2. The summed E-state index contributed by atoms with van der Waals surface area (Å²) in [5.41, 5.74) is 0.583. The Morgan fingerprint density at radius 3 is 0.861 bits per heavy atom. The van der Waals surface area contributed by atoms with Gasteiger partial charge in [-0.15, -0.1) is 0 Å². The van der Waals surface area contributed by atoms with Gasteiger partial charge in [-0.1, -0.05) is 0 Å². The van der Waals surface area contributed by atoms with E-state index in [0.29, 0.717) is 11.4 Å². The topological polar surface area (TPSA) is 128 Å². The number of anilines is 2. The number of nitrogens with zero attached hydrogens (tertiary/aromatic N) is 2. The molecule has 8 heteroatoms. The molecule has 1 aliphatic rings. The fourth-order valence-corrected chi connectivity index (χ4v) is 5.28. The maximum absolute atomic E-state index is 10.8. The lowest BCUT2D eigenvalue weighted by Crippen LogP contribution is -2.36. The third kappa shape index (κ3) is 4.47. The van der Waals surface area contributed by atoms with Gasteiger partial charge in [-0.05, 0) is 55.4 Å². The molecule has 0 aromatic heterocycles. The Labute approximate surface area is 212 Å². The Hall–Kier alpha value is -3.68. The van der Waals surface area contributed by atoms with Crippen LogP contribution in [0, 0.1) is 0 Å². The number of allylic oxidation sites excluding steroid dienone is 2. The summed E-state index contributed by atoms with van der Waals surface area (Å²) in [6.45, 7) is 16.0. The summed E-state index contributed by atoms with van der Waals surface area (Å²) < 4.78 is 0. The molecule has 2 aromatic rings. The monoisotopic (exact) mass is 498 g/mol. The van der Waals surface area contributed by atoms with Gasteiger partial charge in [0, 0.05) is 59.8 Å². The molecule has 2 aromatic carbocycles. The van der Waals surface area contributed by atoms with Gasteiger partial charge in [-0.25, -0.2) is 0 Å². The largest absolute Gasteiger partial charge is 0.507 e. The Morgan fingerprint density at radius 2 is 0.667 bits per heavy atom. The Balaban J connectivity index is 2.06. The van der Waals surface area contributed by atoms with E-state index in [9.17, 15) is 30.6 Å². The van der Waals surface area contributed by atoms with Gasteiger partial charge in [0.25, 0.3) is 0 Å². The summed E-state index contributed by atoms with van der Waals surface area (Å²) in [6.07, 6.45) is 0. The van der Waals surface area contributed by atoms with Gasteiger partial charge in [0.05, 0.1) is 22.3 Å². The van der Waals surface area contributed by atoms with Crippen molar-refractivity contribution in [3.8, 4) is 23.0 Å².